The second kappa shape index (κ2) is 12.5. The molecule has 0 aliphatic carbocycles. The zero-order chi connectivity index (χ0) is 32.3. The highest BCUT2D eigenvalue weighted by molar-refractivity contribution is 5.96. The van der Waals surface area contributed by atoms with Crippen LogP contribution in [0.2, 0.25) is 0 Å². The number of fused-ring (bicyclic) bond motifs is 1. The number of hydrogen-bond donors (Lipinski definition) is 2. The van der Waals surface area contributed by atoms with Gasteiger partial charge in [0.25, 0.3) is 5.91 Å². The molecule has 0 fully saturated rings. The minimum absolute atomic E-state index is 0.0148. The van der Waals surface area contributed by atoms with Gasteiger partial charge in [-0.05, 0) is 67.3 Å². The van der Waals surface area contributed by atoms with Crippen molar-refractivity contribution in [3.05, 3.63) is 112 Å². The number of halogens is 3. The first-order chi connectivity index (χ1) is 21.5. The summed E-state index contributed by atoms with van der Waals surface area (Å²) in [6, 6.07) is 21.3. The van der Waals surface area contributed by atoms with Gasteiger partial charge in [-0.3, -0.25) is 9.69 Å². The number of alkyl halides is 3. The summed E-state index contributed by atoms with van der Waals surface area (Å²) < 4.78 is 42.5. The van der Waals surface area contributed by atoms with E-state index in [4.69, 9.17) is 10.1 Å². The molecule has 0 bridgehead atoms. The number of rotatable bonds is 8. The Balaban J connectivity index is 1.47. The quantitative estimate of drug-likeness (QED) is 0.235. The van der Waals surface area contributed by atoms with Crippen LogP contribution in [0.1, 0.15) is 59.2 Å². The molecule has 228 valence electrons. The number of hydrogen-bond acceptors (Lipinski definition) is 7. The van der Waals surface area contributed by atoms with E-state index in [-0.39, 0.29) is 34.4 Å². The first kappa shape index (κ1) is 30.8. The Labute approximate surface area is 257 Å². The molecule has 3 aromatic carbocycles. The maximum atomic E-state index is 13.7. The number of para-hydroxylation sites is 1. The molecule has 1 aliphatic rings. The number of aromatic hydroxyl groups is 1. The van der Waals surface area contributed by atoms with Crippen molar-refractivity contribution in [3.63, 3.8) is 0 Å². The van der Waals surface area contributed by atoms with Crippen molar-refractivity contribution >= 4 is 17.5 Å². The molecule has 0 radical (unpaired) electrons. The lowest BCUT2D eigenvalue weighted by molar-refractivity contribution is -0.137. The lowest BCUT2D eigenvalue weighted by atomic mass is 9.95. The summed E-state index contributed by atoms with van der Waals surface area (Å²) in [5.41, 5.74) is 1.26. The summed E-state index contributed by atoms with van der Waals surface area (Å²) in [6.07, 6.45) is -3.64. The number of nitriles is 2. The monoisotopic (exact) mass is 611 g/mol. The molecular formula is C33H28F3N7O2. The van der Waals surface area contributed by atoms with Crippen molar-refractivity contribution in [3.8, 4) is 17.9 Å². The summed E-state index contributed by atoms with van der Waals surface area (Å²) in [7, 11) is 0. The molecule has 2 atom stereocenters. The summed E-state index contributed by atoms with van der Waals surface area (Å²) in [5.74, 6) is 0.128. The number of anilines is 2. The summed E-state index contributed by atoms with van der Waals surface area (Å²) in [4.78, 5) is 18.7. The lowest BCUT2D eigenvalue weighted by Crippen LogP contribution is -2.31. The van der Waals surface area contributed by atoms with E-state index in [1.807, 2.05) is 6.92 Å². The molecule has 9 nitrogen and oxygen atoms in total. The van der Waals surface area contributed by atoms with E-state index in [0.29, 0.717) is 42.0 Å². The SMILES string of the molecule is CC1=C(C#N)[C@@H](c2ccc(C#N)cc2)n2nc(CC(C)CCNC(=O)c3ccccc3O)nc2N1c1cccc(C(F)(F)F)c1. The zero-order valence-electron chi connectivity index (χ0n) is 24.4. The van der Waals surface area contributed by atoms with Gasteiger partial charge < -0.3 is 10.4 Å². The molecule has 0 saturated carbocycles. The third kappa shape index (κ3) is 6.36. The van der Waals surface area contributed by atoms with Gasteiger partial charge >= 0.3 is 6.18 Å². The van der Waals surface area contributed by atoms with Crippen LogP contribution < -0.4 is 10.2 Å². The molecule has 1 unspecified atom stereocenters. The molecule has 1 aliphatic heterocycles. The van der Waals surface area contributed by atoms with Crippen LogP contribution in [0.5, 0.6) is 5.75 Å². The first-order valence-electron chi connectivity index (χ1n) is 14.1. The number of carbonyl (C=O) groups excluding carboxylic acids is 1. The van der Waals surface area contributed by atoms with Gasteiger partial charge in [-0.15, -0.1) is 0 Å². The number of nitrogens with one attached hydrogen (secondary N) is 1. The van der Waals surface area contributed by atoms with Crippen LogP contribution in [-0.2, 0) is 12.6 Å². The predicted octanol–water partition coefficient (Wildman–Crippen LogP) is 6.41. The fourth-order valence-corrected chi connectivity index (χ4v) is 5.29. The van der Waals surface area contributed by atoms with Crippen LogP contribution in [0.15, 0.2) is 84.1 Å². The smallest absolute Gasteiger partial charge is 0.416 e. The number of carbonyl (C=O) groups is 1. The van der Waals surface area contributed by atoms with Crippen LogP contribution in [0.25, 0.3) is 0 Å². The third-order valence-corrected chi connectivity index (χ3v) is 7.61. The fraction of sp³-hybridized carbons (Fsp3) is 0.242. The minimum atomic E-state index is -4.57. The third-order valence-electron chi connectivity index (χ3n) is 7.61. The van der Waals surface area contributed by atoms with E-state index in [1.165, 1.54) is 33.8 Å². The number of aromatic nitrogens is 3. The first-order valence-corrected chi connectivity index (χ1v) is 14.1. The number of phenolic OH excluding ortho intramolecular Hbond substituents is 1. The van der Waals surface area contributed by atoms with Gasteiger partial charge in [-0.1, -0.05) is 37.3 Å². The highest BCUT2D eigenvalue weighted by atomic mass is 19.4. The van der Waals surface area contributed by atoms with Crippen LogP contribution in [-0.4, -0.2) is 32.3 Å². The number of phenols is 1. The second-order valence-corrected chi connectivity index (χ2v) is 10.8. The molecule has 12 heteroatoms. The fourth-order valence-electron chi connectivity index (χ4n) is 5.29. The molecule has 45 heavy (non-hydrogen) atoms. The Morgan fingerprint density at radius 2 is 1.80 bits per heavy atom. The maximum absolute atomic E-state index is 13.7. The molecule has 2 heterocycles. The molecular weight excluding hydrogens is 583 g/mol. The number of nitrogens with zero attached hydrogens (tertiary/aromatic N) is 6. The van der Waals surface area contributed by atoms with Crippen molar-refractivity contribution in [1.82, 2.24) is 20.1 Å². The Kier molecular flexibility index (Phi) is 8.59. The van der Waals surface area contributed by atoms with Crippen molar-refractivity contribution in [2.75, 3.05) is 11.4 Å². The van der Waals surface area contributed by atoms with Gasteiger partial charge in [-0.2, -0.15) is 33.8 Å². The van der Waals surface area contributed by atoms with E-state index in [2.05, 4.69) is 17.5 Å². The van der Waals surface area contributed by atoms with Crippen LogP contribution in [0.4, 0.5) is 24.8 Å². The van der Waals surface area contributed by atoms with Gasteiger partial charge in [0.15, 0.2) is 5.82 Å². The van der Waals surface area contributed by atoms with Crippen LogP contribution >= 0.6 is 0 Å². The largest absolute Gasteiger partial charge is 0.507 e. The Morgan fingerprint density at radius 1 is 1.07 bits per heavy atom. The molecule has 1 amide bonds. The highest BCUT2D eigenvalue weighted by Gasteiger charge is 2.37. The van der Waals surface area contributed by atoms with Gasteiger partial charge in [0.2, 0.25) is 5.95 Å². The van der Waals surface area contributed by atoms with E-state index in [9.17, 15) is 33.6 Å². The van der Waals surface area contributed by atoms with Crippen molar-refractivity contribution in [2.45, 2.75) is 38.9 Å². The van der Waals surface area contributed by atoms with Gasteiger partial charge in [0.1, 0.15) is 11.8 Å². The van der Waals surface area contributed by atoms with Gasteiger partial charge in [-0.25, -0.2) is 4.68 Å². The van der Waals surface area contributed by atoms with Gasteiger partial charge in [0.05, 0.1) is 34.4 Å². The highest BCUT2D eigenvalue weighted by Crippen LogP contribution is 2.43. The standard InChI is InChI=1S/C33H28F3N7O2/c1-20(14-15-39-31(45)26-8-3-4-9-28(26)44)16-29-40-32-42(25-7-5-6-24(17-25)33(34,35)36)21(2)27(19-38)30(43(32)41-29)23-12-10-22(18-37)11-13-23/h3-13,17,20,30,44H,14-16H2,1-2H3,(H,39,45)/t20?,30-/m1/s1. The minimum Gasteiger partial charge on any atom is -0.507 e. The van der Waals surface area contributed by atoms with Crippen LogP contribution in [0, 0.1) is 28.6 Å². The molecule has 4 aromatic rings. The second-order valence-electron chi connectivity index (χ2n) is 10.8. The molecule has 5 rings (SSSR count). The molecule has 0 spiro atoms. The number of amides is 1. The Bertz CT molecular complexity index is 1850. The van der Waals surface area contributed by atoms with Crippen molar-refractivity contribution in [2.24, 2.45) is 5.92 Å². The predicted molar refractivity (Wildman–Crippen MR) is 159 cm³/mol. The topological polar surface area (TPSA) is 131 Å². The lowest BCUT2D eigenvalue weighted by Gasteiger charge is -2.34. The average Bonchev–Trinajstić information content (AvgIpc) is 3.42. The number of allylic oxidation sites excluding steroid dienone is 2. The van der Waals surface area contributed by atoms with Crippen molar-refractivity contribution in [1.29, 1.82) is 10.5 Å². The Hall–Kier alpha value is -5.62. The van der Waals surface area contributed by atoms with Crippen molar-refractivity contribution < 1.29 is 23.1 Å². The molecule has 0 saturated heterocycles. The Morgan fingerprint density at radius 3 is 2.47 bits per heavy atom. The molecule has 2 N–H and O–H groups in total. The van der Waals surface area contributed by atoms with E-state index >= 15 is 0 Å². The van der Waals surface area contributed by atoms with Gasteiger partial charge in [0, 0.05) is 24.4 Å². The average molecular weight is 612 g/mol. The van der Waals surface area contributed by atoms with E-state index in [0.717, 1.165) is 12.1 Å². The summed E-state index contributed by atoms with van der Waals surface area (Å²) in [6.45, 7) is 3.94. The zero-order valence-corrected chi connectivity index (χ0v) is 24.4. The number of benzene rings is 3. The maximum Gasteiger partial charge on any atom is 0.416 e. The van der Waals surface area contributed by atoms with Crippen LogP contribution in [0.3, 0.4) is 0 Å². The van der Waals surface area contributed by atoms with E-state index in [1.54, 1.807) is 43.3 Å². The summed E-state index contributed by atoms with van der Waals surface area (Å²) >= 11 is 0. The normalized spacial score (nSPS) is 15.2. The molecule has 1 aromatic heterocycles. The summed E-state index contributed by atoms with van der Waals surface area (Å²) in [5, 5.41) is 37.0. The van der Waals surface area contributed by atoms with E-state index < -0.39 is 23.7 Å².